The van der Waals surface area contributed by atoms with Crippen LogP contribution >= 0.6 is 0 Å². The zero-order chi connectivity index (χ0) is 22.4. The monoisotopic (exact) mass is 447 g/mol. The first-order valence-corrected chi connectivity index (χ1v) is 12.7. The molecule has 2 saturated carbocycles. The van der Waals surface area contributed by atoms with E-state index in [1.807, 2.05) is 24.5 Å². The molecule has 0 spiro atoms. The van der Waals surface area contributed by atoms with Crippen LogP contribution in [0, 0.1) is 17.8 Å². The summed E-state index contributed by atoms with van der Waals surface area (Å²) >= 11 is 0. The largest absolute Gasteiger partial charge is 0.332 e. The number of rotatable bonds is 4. The van der Waals surface area contributed by atoms with Crippen molar-refractivity contribution in [2.24, 2.45) is 17.8 Å². The number of amides is 1. The lowest BCUT2D eigenvalue weighted by Crippen LogP contribution is -2.42. The number of carbonyl (C=O) groups excluding carboxylic acids is 1. The molecular weight excluding hydrogens is 414 g/mol. The van der Waals surface area contributed by atoms with Crippen LogP contribution < -0.4 is 5.56 Å². The van der Waals surface area contributed by atoms with Crippen LogP contribution in [0.15, 0.2) is 29.3 Å². The summed E-state index contributed by atoms with van der Waals surface area (Å²) in [5.41, 5.74) is 2.89. The van der Waals surface area contributed by atoms with Gasteiger partial charge in [-0.2, -0.15) is 0 Å². The van der Waals surface area contributed by atoms with Crippen LogP contribution in [0.2, 0.25) is 0 Å². The summed E-state index contributed by atoms with van der Waals surface area (Å²) in [5, 5.41) is 0. The van der Waals surface area contributed by atoms with E-state index in [1.165, 1.54) is 31.2 Å². The first kappa shape index (κ1) is 21.0. The molecule has 2 aliphatic heterocycles. The quantitative estimate of drug-likeness (QED) is 0.778. The Bertz CT molecular complexity index is 1070. The third-order valence-corrected chi connectivity index (χ3v) is 8.37. The minimum atomic E-state index is -0.0949. The van der Waals surface area contributed by atoms with Gasteiger partial charge in [0.2, 0.25) is 5.91 Å². The van der Waals surface area contributed by atoms with Crippen molar-refractivity contribution < 1.29 is 4.79 Å². The second-order valence-electron chi connectivity index (χ2n) is 10.4. The van der Waals surface area contributed by atoms with Crippen LogP contribution in [0.5, 0.6) is 0 Å². The topological polar surface area (TPSA) is 82.2 Å². The Kier molecular flexibility index (Phi) is 5.52. The van der Waals surface area contributed by atoms with E-state index in [2.05, 4.69) is 19.8 Å². The molecule has 1 N–H and O–H groups in total. The summed E-state index contributed by atoms with van der Waals surface area (Å²) in [6.45, 7) is 3.12. The second-order valence-corrected chi connectivity index (χ2v) is 10.4. The molecule has 1 saturated heterocycles. The second kappa shape index (κ2) is 8.67. The maximum absolute atomic E-state index is 13.5. The molecule has 4 aliphatic rings. The van der Waals surface area contributed by atoms with E-state index in [1.54, 1.807) is 0 Å². The molecule has 6 rings (SSSR count). The van der Waals surface area contributed by atoms with Crippen LogP contribution in [-0.2, 0) is 24.3 Å². The molecule has 3 fully saturated rings. The number of likely N-dealkylation sites (tertiary alicyclic amines) is 1. The number of hydrogen-bond donors (Lipinski definition) is 1. The molecule has 174 valence electrons. The van der Waals surface area contributed by atoms with Gasteiger partial charge in [-0.05, 0) is 68.1 Å². The summed E-state index contributed by atoms with van der Waals surface area (Å²) in [5.74, 6) is 2.43. The molecule has 0 radical (unpaired) electrons. The van der Waals surface area contributed by atoms with Crippen molar-refractivity contribution in [3.63, 3.8) is 0 Å². The van der Waals surface area contributed by atoms with Gasteiger partial charge in [-0.1, -0.05) is 12.8 Å². The molecule has 1 amide bonds. The number of hydrogen-bond acceptors (Lipinski definition) is 5. The van der Waals surface area contributed by atoms with Crippen LogP contribution in [0.1, 0.15) is 73.6 Å². The molecule has 2 aliphatic carbocycles. The van der Waals surface area contributed by atoms with E-state index in [4.69, 9.17) is 4.98 Å². The summed E-state index contributed by atoms with van der Waals surface area (Å²) in [4.78, 5) is 43.1. The summed E-state index contributed by atoms with van der Waals surface area (Å²) in [6.07, 6.45) is 12.3. The lowest BCUT2D eigenvalue weighted by Gasteiger charge is -2.36. The Morgan fingerprint density at radius 3 is 2.58 bits per heavy atom. The molecule has 3 atom stereocenters. The number of carbonyl (C=O) groups is 1. The van der Waals surface area contributed by atoms with Gasteiger partial charge in [0.15, 0.2) is 0 Å². The average Bonchev–Trinajstić information content (AvgIpc) is 3.58. The smallest absolute Gasteiger partial charge is 0.254 e. The van der Waals surface area contributed by atoms with Crippen LogP contribution in [0.3, 0.4) is 0 Å². The van der Waals surface area contributed by atoms with E-state index in [0.29, 0.717) is 36.5 Å². The number of nitrogens with one attached hydrogen (secondary N) is 1. The van der Waals surface area contributed by atoms with Crippen LogP contribution in [0.4, 0.5) is 0 Å². The molecule has 33 heavy (non-hydrogen) atoms. The SMILES string of the molecule is O=C(C1C2CCCCC21)N1CCCCC1c1nc2c(c(=O)[nH]1)CCN(Cc1ccncc1)C2. The van der Waals surface area contributed by atoms with E-state index in [0.717, 1.165) is 50.2 Å². The Balaban J connectivity index is 1.23. The number of fused-ring (bicyclic) bond motifs is 2. The van der Waals surface area contributed by atoms with Crippen molar-refractivity contribution in [1.82, 2.24) is 24.8 Å². The van der Waals surface area contributed by atoms with Gasteiger partial charge in [0.25, 0.3) is 5.56 Å². The maximum atomic E-state index is 13.5. The van der Waals surface area contributed by atoms with E-state index in [-0.39, 0.29) is 17.5 Å². The third kappa shape index (κ3) is 4.01. The van der Waals surface area contributed by atoms with Gasteiger partial charge < -0.3 is 9.88 Å². The highest BCUT2D eigenvalue weighted by atomic mass is 16.2. The highest BCUT2D eigenvalue weighted by Gasteiger charge is 2.56. The van der Waals surface area contributed by atoms with Gasteiger partial charge in [-0.25, -0.2) is 4.98 Å². The molecule has 4 heterocycles. The van der Waals surface area contributed by atoms with Gasteiger partial charge in [0, 0.05) is 50.1 Å². The number of H-pyrrole nitrogens is 1. The lowest BCUT2D eigenvalue weighted by molar-refractivity contribution is -0.137. The minimum absolute atomic E-state index is 0.0170. The fourth-order valence-corrected chi connectivity index (χ4v) is 6.58. The zero-order valence-electron chi connectivity index (χ0n) is 19.2. The van der Waals surface area contributed by atoms with Crippen molar-refractivity contribution in [2.75, 3.05) is 13.1 Å². The molecule has 3 unspecified atom stereocenters. The molecule has 0 bridgehead atoms. The first-order chi connectivity index (χ1) is 16.2. The Labute approximate surface area is 194 Å². The number of aromatic nitrogens is 3. The standard InChI is InChI=1S/C26H33N5O2/c32-25-20-10-14-30(15-17-8-11-27-12-9-17)16-21(20)28-24(29-25)22-7-3-4-13-31(22)26(33)23-18-5-1-2-6-19(18)23/h8-9,11-12,18-19,22-23H,1-7,10,13-16H2,(H,28,29,32). The predicted octanol–water partition coefficient (Wildman–Crippen LogP) is 3.21. The molecule has 2 aromatic heterocycles. The van der Waals surface area contributed by atoms with E-state index >= 15 is 0 Å². The van der Waals surface area contributed by atoms with Crippen LogP contribution in [-0.4, -0.2) is 43.7 Å². The summed E-state index contributed by atoms with van der Waals surface area (Å²) in [7, 11) is 0. The third-order valence-electron chi connectivity index (χ3n) is 8.37. The summed E-state index contributed by atoms with van der Waals surface area (Å²) < 4.78 is 0. The Hall–Kier alpha value is -2.54. The highest BCUT2D eigenvalue weighted by molar-refractivity contribution is 5.83. The normalized spacial score (nSPS) is 29.3. The zero-order valence-corrected chi connectivity index (χ0v) is 19.2. The highest BCUT2D eigenvalue weighted by Crippen LogP contribution is 2.56. The van der Waals surface area contributed by atoms with Crippen molar-refractivity contribution in [2.45, 2.75) is 70.5 Å². The Morgan fingerprint density at radius 2 is 1.79 bits per heavy atom. The van der Waals surface area contributed by atoms with Gasteiger partial charge in [-0.15, -0.1) is 0 Å². The number of nitrogens with zero attached hydrogens (tertiary/aromatic N) is 4. The summed E-state index contributed by atoms with van der Waals surface area (Å²) in [6, 6.07) is 3.97. The minimum Gasteiger partial charge on any atom is -0.332 e. The van der Waals surface area contributed by atoms with Crippen molar-refractivity contribution in [3.05, 3.63) is 57.5 Å². The van der Waals surface area contributed by atoms with E-state index in [9.17, 15) is 9.59 Å². The molecule has 7 nitrogen and oxygen atoms in total. The molecular formula is C26H33N5O2. The fraction of sp³-hybridized carbons (Fsp3) is 0.615. The van der Waals surface area contributed by atoms with Crippen molar-refractivity contribution in [1.29, 1.82) is 0 Å². The van der Waals surface area contributed by atoms with Crippen molar-refractivity contribution in [3.8, 4) is 0 Å². The molecule has 7 heteroatoms. The molecule has 0 aromatic carbocycles. The number of piperidine rings is 1. The van der Waals surface area contributed by atoms with Gasteiger partial charge >= 0.3 is 0 Å². The van der Waals surface area contributed by atoms with E-state index < -0.39 is 0 Å². The maximum Gasteiger partial charge on any atom is 0.254 e. The molecule has 2 aromatic rings. The van der Waals surface area contributed by atoms with Crippen molar-refractivity contribution >= 4 is 5.91 Å². The van der Waals surface area contributed by atoms with Crippen LogP contribution in [0.25, 0.3) is 0 Å². The van der Waals surface area contributed by atoms with Gasteiger partial charge in [0.05, 0.1) is 11.7 Å². The Morgan fingerprint density at radius 1 is 1.03 bits per heavy atom. The fourth-order valence-electron chi connectivity index (χ4n) is 6.58. The average molecular weight is 448 g/mol. The van der Waals surface area contributed by atoms with Gasteiger partial charge in [0.1, 0.15) is 5.82 Å². The predicted molar refractivity (Wildman–Crippen MR) is 124 cm³/mol. The lowest BCUT2D eigenvalue weighted by atomic mass is 9.99. The number of pyridine rings is 1. The first-order valence-electron chi connectivity index (χ1n) is 12.7. The van der Waals surface area contributed by atoms with Gasteiger partial charge in [-0.3, -0.25) is 19.5 Å². The number of aromatic amines is 1.